The number of carbonyl (C=O) groups excluding carboxylic acids is 2. The van der Waals surface area contributed by atoms with Crippen molar-refractivity contribution in [2.24, 2.45) is 0 Å². The predicted octanol–water partition coefficient (Wildman–Crippen LogP) is 5.70. The number of benzene rings is 2. The van der Waals surface area contributed by atoms with Crippen LogP contribution in [0.2, 0.25) is 0 Å². The number of methoxy groups -OCH3 is 1. The van der Waals surface area contributed by atoms with Crippen LogP contribution < -0.4 is 9.47 Å². The molecule has 0 spiro atoms. The minimum absolute atomic E-state index is 0.122. The zero-order valence-corrected chi connectivity index (χ0v) is 17.1. The molecule has 29 heavy (non-hydrogen) atoms. The first-order valence-electron chi connectivity index (χ1n) is 9.79. The van der Waals surface area contributed by atoms with Gasteiger partial charge in [-0.2, -0.15) is 0 Å². The number of ether oxygens (including phenoxy) is 3. The van der Waals surface area contributed by atoms with Crippen LogP contribution in [0.5, 0.6) is 11.5 Å². The Morgan fingerprint density at radius 2 is 1.86 bits per heavy atom. The molecule has 0 fully saturated rings. The molecule has 2 atom stereocenters. The van der Waals surface area contributed by atoms with Gasteiger partial charge < -0.3 is 14.2 Å². The molecule has 5 nitrogen and oxygen atoms in total. The van der Waals surface area contributed by atoms with E-state index in [1.54, 1.807) is 6.92 Å². The SMILES string of the molecule is C=C(C)C(=O)Oc1c2c(c(OC(=O)OC)c3cc(C)ccc13)C1C=C(CC)C2C1. The Hall–Kier alpha value is -3.08. The standard InChI is InChI=1S/C24H24O5/c1-6-14-10-15-11-17(14)20-19(15)22(29-24(26)27-5)18-9-13(4)7-8-16(18)21(20)28-23(25)12(2)3/h7-10,15,17H,2,6,11H2,1,3-5H3. The molecule has 0 radical (unpaired) electrons. The average molecular weight is 392 g/mol. The summed E-state index contributed by atoms with van der Waals surface area (Å²) in [4.78, 5) is 24.5. The van der Waals surface area contributed by atoms with Crippen molar-refractivity contribution < 1.29 is 23.8 Å². The maximum Gasteiger partial charge on any atom is 0.513 e. The van der Waals surface area contributed by atoms with E-state index in [9.17, 15) is 9.59 Å². The molecule has 2 bridgehead atoms. The molecule has 2 unspecified atom stereocenters. The number of carbonyl (C=O) groups is 2. The summed E-state index contributed by atoms with van der Waals surface area (Å²) in [7, 11) is 1.29. The van der Waals surface area contributed by atoms with E-state index >= 15 is 0 Å². The highest BCUT2D eigenvalue weighted by atomic mass is 16.7. The van der Waals surface area contributed by atoms with Crippen molar-refractivity contribution in [1.82, 2.24) is 0 Å². The van der Waals surface area contributed by atoms with E-state index in [0.29, 0.717) is 17.1 Å². The molecule has 2 aliphatic carbocycles. The molecular weight excluding hydrogens is 368 g/mol. The van der Waals surface area contributed by atoms with Crippen molar-refractivity contribution in [3.63, 3.8) is 0 Å². The lowest BCUT2D eigenvalue weighted by Gasteiger charge is -2.24. The number of aryl methyl sites for hydroxylation is 1. The molecule has 0 saturated carbocycles. The summed E-state index contributed by atoms with van der Waals surface area (Å²) in [6.07, 6.45) is 3.31. The van der Waals surface area contributed by atoms with Crippen molar-refractivity contribution in [3.05, 3.63) is 58.7 Å². The van der Waals surface area contributed by atoms with Gasteiger partial charge in [-0.1, -0.05) is 42.8 Å². The maximum atomic E-state index is 12.4. The third-order valence-electron chi connectivity index (χ3n) is 5.82. The van der Waals surface area contributed by atoms with Gasteiger partial charge in [0, 0.05) is 39.3 Å². The van der Waals surface area contributed by atoms with Gasteiger partial charge in [-0.15, -0.1) is 0 Å². The first-order chi connectivity index (χ1) is 13.8. The van der Waals surface area contributed by atoms with Gasteiger partial charge in [0.15, 0.2) is 0 Å². The van der Waals surface area contributed by atoms with Crippen molar-refractivity contribution in [3.8, 4) is 11.5 Å². The van der Waals surface area contributed by atoms with Gasteiger partial charge in [0.1, 0.15) is 11.5 Å². The van der Waals surface area contributed by atoms with E-state index in [1.807, 2.05) is 25.1 Å². The lowest BCUT2D eigenvalue weighted by Crippen LogP contribution is -2.15. The molecule has 150 valence electrons. The summed E-state index contributed by atoms with van der Waals surface area (Å²) in [5, 5.41) is 1.48. The van der Waals surface area contributed by atoms with Crippen molar-refractivity contribution in [1.29, 1.82) is 0 Å². The maximum absolute atomic E-state index is 12.4. The van der Waals surface area contributed by atoms with E-state index in [4.69, 9.17) is 14.2 Å². The Labute approximate surface area is 169 Å². The molecule has 2 aromatic rings. The molecule has 4 rings (SSSR count). The summed E-state index contributed by atoms with van der Waals surface area (Å²) in [6.45, 7) is 9.44. The smallest absolute Gasteiger partial charge is 0.437 e. The third-order valence-corrected chi connectivity index (χ3v) is 5.82. The first-order valence-corrected chi connectivity index (χ1v) is 9.79. The number of hydrogen-bond donors (Lipinski definition) is 0. The zero-order valence-electron chi connectivity index (χ0n) is 17.1. The monoisotopic (exact) mass is 392 g/mol. The Kier molecular flexibility index (Phi) is 4.69. The highest BCUT2D eigenvalue weighted by molar-refractivity contribution is 6.01. The summed E-state index contributed by atoms with van der Waals surface area (Å²) >= 11 is 0. The van der Waals surface area contributed by atoms with Crippen LogP contribution in [0.25, 0.3) is 10.8 Å². The summed E-state index contributed by atoms with van der Waals surface area (Å²) < 4.78 is 16.3. The Morgan fingerprint density at radius 1 is 1.14 bits per heavy atom. The summed E-state index contributed by atoms with van der Waals surface area (Å²) in [5.74, 6) is 0.863. The topological polar surface area (TPSA) is 61.8 Å². The number of rotatable bonds is 4. The Morgan fingerprint density at radius 3 is 2.52 bits per heavy atom. The second-order valence-electron chi connectivity index (χ2n) is 7.75. The lowest BCUT2D eigenvalue weighted by molar-refractivity contribution is -0.130. The fraction of sp³-hybridized carbons (Fsp3) is 0.333. The number of allylic oxidation sites excluding steroid dienone is 2. The first kappa shape index (κ1) is 19.2. The largest absolute Gasteiger partial charge is 0.513 e. The van der Waals surface area contributed by atoms with Crippen molar-refractivity contribution in [2.75, 3.05) is 7.11 Å². The van der Waals surface area contributed by atoms with E-state index in [0.717, 1.165) is 40.3 Å². The average Bonchev–Trinajstić information content (AvgIpc) is 3.28. The van der Waals surface area contributed by atoms with E-state index < -0.39 is 12.1 Å². The zero-order chi connectivity index (χ0) is 20.9. The van der Waals surface area contributed by atoms with Crippen LogP contribution in [0.3, 0.4) is 0 Å². The Bertz CT molecular complexity index is 1090. The second-order valence-corrected chi connectivity index (χ2v) is 7.75. The molecule has 2 aliphatic rings. The summed E-state index contributed by atoms with van der Waals surface area (Å²) in [5.41, 5.74) is 4.53. The Balaban J connectivity index is 2.04. The molecule has 0 aromatic heterocycles. The van der Waals surface area contributed by atoms with Gasteiger partial charge in [-0.25, -0.2) is 9.59 Å². The highest BCUT2D eigenvalue weighted by Crippen LogP contribution is 2.61. The van der Waals surface area contributed by atoms with Crippen LogP contribution >= 0.6 is 0 Å². The normalized spacial score (nSPS) is 19.0. The van der Waals surface area contributed by atoms with Gasteiger partial charge in [0.05, 0.1) is 7.11 Å². The van der Waals surface area contributed by atoms with E-state index in [-0.39, 0.29) is 11.8 Å². The fourth-order valence-corrected chi connectivity index (χ4v) is 4.53. The van der Waals surface area contributed by atoms with Crippen LogP contribution in [0.1, 0.15) is 55.2 Å². The molecule has 0 saturated heterocycles. The van der Waals surface area contributed by atoms with Gasteiger partial charge >= 0.3 is 12.1 Å². The van der Waals surface area contributed by atoms with Crippen LogP contribution in [0, 0.1) is 6.92 Å². The predicted molar refractivity (Wildman–Crippen MR) is 111 cm³/mol. The molecule has 2 aromatic carbocycles. The quantitative estimate of drug-likeness (QED) is 0.220. The van der Waals surface area contributed by atoms with Crippen LogP contribution in [0.4, 0.5) is 4.79 Å². The van der Waals surface area contributed by atoms with Gasteiger partial charge in [0.2, 0.25) is 0 Å². The van der Waals surface area contributed by atoms with Crippen LogP contribution in [0.15, 0.2) is 42.0 Å². The fourth-order valence-electron chi connectivity index (χ4n) is 4.53. The van der Waals surface area contributed by atoms with Crippen LogP contribution in [-0.2, 0) is 9.53 Å². The van der Waals surface area contributed by atoms with Gasteiger partial charge in [0.25, 0.3) is 0 Å². The third kappa shape index (κ3) is 3.01. The van der Waals surface area contributed by atoms with Crippen molar-refractivity contribution >= 4 is 22.9 Å². The molecule has 0 N–H and O–H groups in total. The van der Waals surface area contributed by atoms with E-state index in [2.05, 4.69) is 19.6 Å². The molecule has 0 heterocycles. The van der Waals surface area contributed by atoms with E-state index in [1.165, 1.54) is 12.7 Å². The molecule has 0 aliphatic heterocycles. The van der Waals surface area contributed by atoms with Crippen molar-refractivity contribution in [2.45, 2.75) is 45.4 Å². The minimum Gasteiger partial charge on any atom is -0.437 e. The molecule has 5 heteroatoms. The molecule has 0 amide bonds. The lowest BCUT2D eigenvalue weighted by atomic mass is 9.85. The van der Waals surface area contributed by atoms with Gasteiger partial charge in [-0.05, 0) is 32.8 Å². The van der Waals surface area contributed by atoms with Crippen LogP contribution in [-0.4, -0.2) is 19.2 Å². The minimum atomic E-state index is -0.760. The summed E-state index contributed by atoms with van der Waals surface area (Å²) in [6, 6.07) is 5.82. The highest BCUT2D eigenvalue weighted by Gasteiger charge is 2.43. The second kappa shape index (κ2) is 7.07. The van der Waals surface area contributed by atoms with Gasteiger partial charge in [-0.3, -0.25) is 0 Å². The number of fused-ring (bicyclic) bond motifs is 6. The number of esters is 1. The molecular formula is C24H24O5. The number of hydrogen-bond acceptors (Lipinski definition) is 5.